The summed E-state index contributed by atoms with van der Waals surface area (Å²) in [7, 11) is 0. The highest BCUT2D eigenvalue weighted by molar-refractivity contribution is 5.94. The predicted molar refractivity (Wildman–Crippen MR) is 110 cm³/mol. The fourth-order valence-electron chi connectivity index (χ4n) is 5.38. The Bertz CT molecular complexity index is 682. The Kier molecular flexibility index (Phi) is 6.00. The van der Waals surface area contributed by atoms with Gasteiger partial charge in [0.1, 0.15) is 0 Å². The first-order chi connectivity index (χ1) is 13.6. The molecular formula is C23H33N3O2. The van der Waals surface area contributed by atoms with Gasteiger partial charge >= 0.3 is 0 Å². The third kappa shape index (κ3) is 4.24. The Morgan fingerprint density at radius 1 is 0.964 bits per heavy atom. The number of hydrogen-bond acceptors (Lipinski definition) is 3. The first-order valence-corrected chi connectivity index (χ1v) is 11.0. The van der Waals surface area contributed by atoms with Crippen LogP contribution in [0.1, 0.15) is 67.3 Å². The van der Waals surface area contributed by atoms with Crippen LogP contribution in [0.25, 0.3) is 0 Å². The van der Waals surface area contributed by atoms with Crippen LogP contribution >= 0.6 is 0 Å². The van der Waals surface area contributed by atoms with Gasteiger partial charge < -0.3 is 16.0 Å². The van der Waals surface area contributed by atoms with E-state index in [4.69, 9.17) is 5.73 Å². The maximum atomic E-state index is 12.7. The summed E-state index contributed by atoms with van der Waals surface area (Å²) in [5.74, 6) is 1.43. The number of fused-ring (bicyclic) bond motifs is 2. The van der Waals surface area contributed by atoms with Gasteiger partial charge in [-0.1, -0.05) is 18.6 Å². The van der Waals surface area contributed by atoms with Crippen LogP contribution in [-0.2, 0) is 11.3 Å². The minimum absolute atomic E-state index is 0.107. The van der Waals surface area contributed by atoms with Crippen LogP contribution in [0.2, 0.25) is 0 Å². The van der Waals surface area contributed by atoms with E-state index in [1.54, 1.807) is 0 Å². The van der Waals surface area contributed by atoms with E-state index in [0.29, 0.717) is 24.4 Å². The molecule has 0 spiro atoms. The summed E-state index contributed by atoms with van der Waals surface area (Å²) in [6.45, 7) is 2.25. The van der Waals surface area contributed by atoms with E-state index in [1.165, 1.54) is 25.7 Å². The highest BCUT2D eigenvalue weighted by atomic mass is 16.2. The standard InChI is InChI=1S/C23H33N3O2/c24-21-18-5-4-6-19(21)14-20(13-18)22(27)25-15-16-7-9-17(10-8-16)23(28)26-11-2-1-3-12-26/h7-10,18-21H,1-6,11-15,24H2,(H,25,27). The maximum Gasteiger partial charge on any atom is 0.253 e. The Morgan fingerprint density at radius 3 is 2.25 bits per heavy atom. The molecular weight excluding hydrogens is 350 g/mol. The molecule has 0 radical (unpaired) electrons. The van der Waals surface area contributed by atoms with Crippen LogP contribution in [0, 0.1) is 17.8 Å². The van der Waals surface area contributed by atoms with Gasteiger partial charge in [0.2, 0.25) is 5.91 Å². The third-order valence-corrected chi connectivity index (χ3v) is 7.09. The Balaban J connectivity index is 1.29. The molecule has 152 valence electrons. The summed E-state index contributed by atoms with van der Waals surface area (Å²) in [4.78, 5) is 27.2. The van der Waals surface area contributed by atoms with Gasteiger partial charge in [0, 0.05) is 37.2 Å². The van der Waals surface area contributed by atoms with Gasteiger partial charge in [0.15, 0.2) is 0 Å². The second kappa shape index (κ2) is 8.64. The first-order valence-electron chi connectivity index (χ1n) is 11.0. The fraction of sp³-hybridized carbons (Fsp3) is 0.652. The number of piperidine rings is 1. The van der Waals surface area contributed by atoms with Crippen molar-refractivity contribution in [2.45, 2.75) is 64.0 Å². The molecule has 4 rings (SSSR count). The predicted octanol–water partition coefficient (Wildman–Crippen LogP) is 3.08. The average Bonchev–Trinajstić information content (AvgIpc) is 2.72. The average molecular weight is 384 g/mol. The van der Waals surface area contributed by atoms with E-state index in [-0.39, 0.29) is 17.7 Å². The maximum absolute atomic E-state index is 12.7. The molecule has 2 aliphatic carbocycles. The Hall–Kier alpha value is -1.88. The van der Waals surface area contributed by atoms with Gasteiger partial charge in [-0.15, -0.1) is 0 Å². The number of nitrogens with two attached hydrogens (primary N) is 1. The lowest BCUT2D eigenvalue weighted by molar-refractivity contribution is -0.128. The molecule has 2 bridgehead atoms. The molecule has 2 amide bonds. The molecule has 3 N–H and O–H groups in total. The van der Waals surface area contributed by atoms with Crippen molar-refractivity contribution in [2.75, 3.05) is 13.1 Å². The first kappa shape index (κ1) is 19.4. The number of nitrogens with zero attached hydrogens (tertiary/aromatic N) is 1. The van der Waals surface area contributed by atoms with Crippen molar-refractivity contribution in [3.8, 4) is 0 Å². The summed E-state index contributed by atoms with van der Waals surface area (Å²) < 4.78 is 0. The highest BCUT2D eigenvalue weighted by Gasteiger charge is 2.40. The van der Waals surface area contributed by atoms with E-state index in [9.17, 15) is 9.59 Å². The summed E-state index contributed by atoms with van der Waals surface area (Å²) in [6.07, 6.45) is 8.91. The topological polar surface area (TPSA) is 75.4 Å². The lowest BCUT2D eigenvalue weighted by atomic mass is 9.65. The largest absolute Gasteiger partial charge is 0.352 e. The number of rotatable bonds is 4. The Morgan fingerprint density at radius 2 is 1.61 bits per heavy atom. The van der Waals surface area contributed by atoms with E-state index in [0.717, 1.165) is 49.9 Å². The summed E-state index contributed by atoms with van der Waals surface area (Å²) in [5.41, 5.74) is 8.12. The molecule has 5 nitrogen and oxygen atoms in total. The van der Waals surface area contributed by atoms with Gasteiger partial charge in [0.25, 0.3) is 5.91 Å². The summed E-state index contributed by atoms with van der Waals surface area (Å²) in [6, 6.07) is 8.00. The van der Waals surface area contributed by atoms with E-state index in [2.05, 4.69) is 5.32 Å². The molecule has 3 aliphatic rings. The second-order valence-corrected chi connectivity index (χ2v) is 8.96. The normalized spacial score (nSPS) is 30.0. The minimum atomic E-state index is 0.107. The zero-order valence-electron chi connectivity index (χ0n) is 16.7. The van der Waals surface area contributed by atoms with E-state index < -0.39 is 0 Å². The minimum Gasteiger partial charge on any atom is -0.352 e. The quantitative estimate of drug-likeness (QED) is 0.839. The highest BCUT2D eigenvalue weighted by Crippen LogP contribution is 2.41. The van der Waals surface area contributed by atoms with Gasteiger partial charge in [-0.05, 0) is 74.5 Å². The molecule has 5 heteroatoms. The number of hydrogen-bond donors (Lipinski definition) is 2. The van der Waals surface area contributed by atoms with Gasteiger partial charge in [0.05, 0.1) is 0 Å². The summed E-state index contributed by atoms with van der Waals surface area (Å²) in [5, 5.41) is 3.11. The molecule has 2 unspecified atom stereocenters. The lowest BCUT2D eigenvalue weighted by Crippen LogP contribution is -2.49. The van der Waals surface area contributed by atoms with Crippen molar-refractivity contribution in [2.24, 2.45) is 23.5 Å². The van der Waals surface area contributed by atoms with Gasteiger partial charge in [-0.25, -0.2) is 0 Å². The third-order valence-electron chi connectivity index (χ3n) is 7.09. The smallest absolute Gasteiger partial charge is 0.253 e. The number of likely N-dealkylation sites (tertiary alicyclic amines) is 1. The molecule has 28 heavy (non-hydrogen) atoms. The molecule has 3 fully saturated rings. The molecule has 1 aromatic rings. The Labute approximate surface area is 168 Å². The number of benzene rings is 1. The number of amides is 2. The molecule has 1 aliphatic heterocycles. The van der Waals surface area contributed by atoms with Crippen molar-refractivity contribution in [3.63, 3.8) is 0 Å². The van der Waals surface area contributed by atoms with Crippen LogP contribution in [0.4, 0.5) is 0 Å². The molecule has 2 atom stereocenters. The van der Waals surface area contributed by atoms with Crippen molar-refractivity contribution in [3.05, 3.63) is 35.4 Å². The van der Waals surface area contributed by atoms with E-state index >= 15 is 0 Å². The molecule has 0 aromatic heterocycles. The zero-order chi connectivity index (χ0) is 19.5. The van der Waals surface area contributed by atoms with Crippen LogP contribution in [0.15, 0.2) is 24.3 Å². The van der Waals surface area contributed by atoms with E-state index in [1.807, 2.05) is 29.2 Å². The molecule has 1 heterocycles. The van der Waals surface area contributed by atoms with Gasteiger partial charge in [-0.2, -0.15) is 0 Å². The van der Waals surface area contributed by atoms with Crippen molar-refractivity contribution >= 4 is 11.8 Å². The zero-order valence-corrected chi connectivity index (χ0v) is 16.7. The fourth-order valence-corrected chi connectivity index (χ4v) is 5.38. The monoisotopic (exact) mass is 383 g/mol. The number of nitrogens with one attached hydrogen (secondary N) is 1. The van der Waals surface area contributed by atoms with Gasteiger partial charge in [-0.3, -0.25) is 9.59 Å². The molecule has 1 saturated heterocycles. The summed E-state index contributed by atoms with van der Waals surface area (Å²) >= 11 is 0. The van der Waals surface area contributed by atoms with Crippen molar-refractivity contribution < 1.29 is 9.59 Å². The number of carbonyl (C=O) groups excluding carboxylic acids is 2. The number of carbonyl (C=O) groups is 2. The second-order valence-electron chi connectivity index (χ2n) is 8.96. The molecule has 1 aromatic carbocycles. The van der Waals surface area contributed by atoms with Crippen LogP contribution in [0.5, 0.6) is 0 Å². The lowest BCUT2D eigenvalue weighted by Gasteiger charge is -2.43. The molecule has 2 saturated carbocycles. The van der Waals surface area contributed by atoms with Crippen LogP contribution in [0.3, 0.4) is 0 Å². The van der Waals surface area contributed by atoms with Crippen molar-refractivity contribution in [1.82, 2.24) is 10.2 Å². The van der Waals surface area contributed by atoms with Crippen LogP contribution in [-0.4, -0.2) is 35.8 Å². The SMILES string of the molecule is NC1C2CCCC1CC(C(=O)NCc1ccc(C(=O)N3CCCCC3)cc1)C2. The van der Waals surface area contributed by atoms with Crippen LogP contribution < -0.4 is 11.1 Å². The van der Waals surface area contributed by atoms with Crippen molar-refractivity contribution in [1.29, 1.82) is 0 Å².